The number of carbonyl (C=O) groups excluding carboxylic acids is 2. The molecule has 11 heteroatoms. The minimum atomic E-state index is -1.21. The number of carbonyl (C=O) groups is 2. The van der Waals surface area contributed by atoms with E-state index in [0.717, 1.165) is 51.4 Å². The Bertz CT molecular complexity index is 990. The quantitative estimate of drug-likeness (QED) is 0.235. The summed E-state index contributed by atoms with van der Waals surface area (Å²) in [6.45, 7) is 0.242. The zero-order chi connectivity index (χ0) is 30.0. The van der Waals surface area contributed by atoms with Crippen LogP contribution in [0.1, 0.15) is 81.0 Å². The lowest BCUT2D eigenvalue weighted by Gasteiger charge is -2.60. The molecular weight excluding hydrogens is 548 g/mol. The Morgan fingerprint density at radius 3 is 2.14 bits per heavy atom. The van der Waals surface area contributed by atoms with E-state index in [4.69, 9.17) is 33.2 Å². The van der Waals surface area contributed by atoms with Gasteiger partial charge in [-0.25, -0.2) is 4.79 Å². The molecule has 7 atom stereocenters. The molecule has 0 spiro atoms. The highest BCUT2D eigenvalue weighted by Crippen LogP contribution is 2.51. The summed E-state index contributed by atoms with van der Waals surface area (Å²) in [5.41, 5.74) is 0.419. The van der Waals surface area contributed by atoms with Crippen molar-refractivity contribution in [3.8, 4) is 0 Å². The summed E-state index contributed by atoms with van der Waals surface area (Å²) >= 11 is 0. The molecule has 2 saturated heterocycles. The first-order valence-electron chi connectivity index (χ1n) is 15.1. The summed E-state index contributed by atoms with van der Waals surface area (Å²) in [6.07, 6.45) is 4.13. The fourth-order valence-electron chi connectivity index (χ4n) is 6.08. The number of fused-ring (bicyclic) bond motifs is 2. The number of methoxy groups -OCH3 is 3. The number of benzene rings is 1. The molecule has 2 aliphatic heterocycles. The lowest BCUT2D eigenvalue weighted by molar-refractivity contribution is -0.496. The number of unbranched alkanes of at least 4 members (excludes halogenated alkanes) is 5. The summed E-state index contributed by atoms with van der Waals surface area (Å²) in [4.78, 5) is 23.9. The van der Waals surface area contributed by atoms with Crippen molar-refractivity contribution in [1.82, 2.24) is 0 Å². The molecule has 0 amide bonds. The lowest BCUT2D eigenvalue weighted by atomic mass is 9.83. The third kappa shape index (κ3) is 7.50. The van der Waals surface area contributed by atoms with Gasteiger partial charge in [-0.05, 0) is 37.8 Å². The maximum absolute atomic E-state index is 12.7. The van der Waals surface area contributed by atoms with Gasteiger partial charge in [0.15, 0.2) is 6.29 Å². The number of hydrogen-bond donors (Lipinski definition) is 1. The first-order chi connectivity index (χ1) is 20.4. The molecule has 0 radical (unpaired) electrons. The number of aliphatic hydroxyl groups is 1. The zero-order valence-corrected chi connectivity index (χ0v) is 25.0. The van der Waals surface area contributed by atoms with Crippen LogP contribution in [0.3, 0.4) is 0 Å². The van der Waals surface area contributed by atoms with Gasteiger partial charge in [0.1, 0.15) is 31.0 Å². The molecule has 236 valence electrons. The van der Waals surface area contributed by atoms with Crippen LogP contribution in [0.5, 0.6) is 0 Å². The fraction of sp³-hybridized carbons (Fsp3) is 0.742. The molecule has 1 N–H and O–H groups in total. The topological polar surface area (TPSA) is 128 Å². The average molecular weight is 595 g/mol. The van der Waals surface area contributed by atoms with E-state index in [-0.39, 0.29) is 12.6 Å². The van der Waals surface area contributed by atoms with E-state index in [0.29, 0.717) is 31.4 Å². The van der Waals surface area contributed by atoms with E-state index in [1.165, 1.54) is 7.11 Å². The van der Waals surface area contributed by atoms with Crippen LogP contribution in [0, 0.1) is 0 Å². The largest absolute Gasteiger partial charge is 0.469 e. The number of hydrogen-bond acceptors (Lipinski definition) is 11. The molecule has 1 saturated carbocycles. The van der Waals surface area contributed by atoms with Crippen LogP contribution in [0.2, 0.25) is 0 Å². The second-order valence-electron chi connectivity index (χ2n) is 11.1. The van der Waals surface area contributed by atoms with Crippen molar-refractivity contribution in [2.24, 2.45) is 0 Å². The van der Waals surface area contributed by atoms with Crippen molar-refractivity contribution in [1.29, 1.82) is 0 Å². The average Bonchev–Trinajstić information content (AvgIpc) is 3.03. The number of esters is 2. The molecule has 3 aliphatic rings. The van der Waals surface area contributed by atoms with E-state index in [2.05, 4.69) is 4.74 Å². The highest BCUT2D eigenvalue weighted by atomic mass is 16.8. The standard InChI is InChI=1S/C31H46O11/c1-35-24(32)17-11-6-4-5-7-14-20-38-29-25(33)27-26(23(40-29)21-39-28(34)22-15-9-8-10-16-22)41-30(36-2)18-12-13-19-31(30,37-3)42-27/h8-10,15-16,23,25-27,29,33H,4-7,11-14,17-21H2,1-3H3/t23-,25+,26-,27-,29-,30+,31+/m1/s1. The Hall–Kier alpha value is -2.12. The molecule has 4 rings (SSSR count). The van der Waals surface area contributed by atoms with E-state index >= 15 is 0 Å². The van der Waals surface area contributed by atoms with Crippen molar-refractivity contribution in [3.05, 3.63) is 35.9 Å². The van der Waals surface area contributed by atoms with Crippen molar-refractivity contribution in [2.45, 2.75) is 113 Å². The van der Waals surface area contributed by atoms with E-state index in [1.54, 1.807) is 38.5 Å². The lowest BCUT2D eigenvalue weighted by Crippen LogP contribution is -2.75. The Morgan fingerprint density at radius 1 is 0.881 bits per heavy atom. The van der Waals surface area contributed by atoms with Crippen LogP contribution in [0.25, 0.3) is 0 Å². The van der Waals surface area contributed by atoms with Gasteiger partial charge in [-0.1, -0.05) is 43.9 Å². The molecule has 1 aliphatic carbocycles. The van der Waals surface area contributed by atoms with E-state index < -0.39 is 48.2 Å². The summed E-state index contributed by atoms with van der Waals surface area (Å²) in [7, 11) is 4.51. The predicted molar refractivity (Wildman–Crippen MR) is 149 cm³/mol. The Kier molecular flexibility index (Phi) is 12.1. The molecule has 1 aromatic carbocycles. The van der Waals surface area contributed by atoms with Crippen molar-refractivity contribution in [3.63, 3.8) is 0 Å². The SMILES string of the molecule is COC(=O)CCCCCCCCO[C@@H]1O[C@H](COC(=O)c2ccccc2)[C@H]2O[C@@]3(OC)CCCC[C@]3(OC)O[C@@H]2[C@@H]1O. The highest BCUT2D eigenvalue weighted by molar-refractivity contribution is 5.89. The number of rotatable bonds is 15. The van der Waals surface area contributed by atoms with Gasteiger partial charge < -0.3 is 43.0 Å². The fourth-order valence-corrected chi connectivity index (χ4v) is 6.08. The second-order valence-corrected chi connectivity index (χ2v) is 11.1. The van der Waals surface area contributed by atoms with Gasteiger partial charge in [-0.3, -0.25) is 4.79 Å². The third-order valence-electron chi connectivity index (χ3n) is 8.44. The monoisotopic (exact) mass is 594 g/mol. The second kappa shape index (κ2) is 15.6. The van der Waals surface area contributed by atoms with Crippen LogP contribution >= 0.6 is 0 Å². The van der Waals surface area contributed by atoms with Crippen molar-refractivity contribution in [2.75, 3.05) is 34.5 Å². The van der Waals surface area contributed by atoms with Gasteiger partial charge in [0.25, 0.3) is 0 Å². The maximum atomic E-state index is 12.7. The van der Waals surface area contributed by atoms with Crippen LogP contribution in [-0.2, 0) is 42.7 Å². The third-order valence-corrected chi connectivity index (χ3v) is 8.44. The molecule has 0 aromatic heterocycles. The molecule has 42 heavy (non-hydrogen) atoms. The first kappa shape index (κ1) is 32.8. The van der Waals surface area contributed by atoms with Gasteiger partial charge in [-0.15, -0.1) is 0 Å². The van der Waals surface area contributed by atoms with Crippen LogP contribution in [0.4, 0.5) is 0 Å². The van der Waals surface area contributed by atoms with E-state index in [1.807, 2.05) is 6.07 Å². The maximum Gasteiger partial charge on any atom is 0.338 e. The molecular formula is C31H46O11. The Labute approximate surface area is 248 Å². The highest BCUT2D eigenvalue weighted by Gasteiger charge is 2.66. The van der Waals surface area contributed by atoms with Crippen LogP contribution in [0.15, 0.2) is 30.3 Å². The van der Waals surface area contributed by atoms with Crippen LogP contribution < -0.4 is 0 Å². The van der Waals surface area contributed by atoms with Gasteiger partial charge >= 0.3 is 11.9 Å². The van der Waals surface area contributed by atoms with Gasteiger partial charge in [0.05, 0.1) is 12.7 Å². The summed E-state index contributed by atoms with van der Waals surface area (Å²) in [5.74, 6) is -3.07. The van der Waals surface area contributed by atoms with Gasteiger partial charge in [0.2, 0.25) is 11.6 Å². The summed E-state index contributed by atoms with van der Waals surface area (Å²) in [5, 5.41) is 11.4. The molecule has 1 aromatic rings. The summed E-state index contributed by atoms with van der Waals surface area (Å²) in [6, 6.07) is 8.71. The summed E-state index contributed by atoms with van der Waals surface area (Å²) < 4.78 is 47.4. The zero-order valence-electron chi connectivity index (χ0n) is 25.0. The smallest absolute Gasteiger partial charge is 0.338 e. The van der Waals surface area contributed by atoms with E-state index in [9.17, 15) is 14.7 Å². The molecule has 0 unspecified atom stereocenters. The molecule has 11 nitrogen and oxygen atoms in total. The first-order valence-corrected chi connectivity index (χ1v) is 15.1. The molecule has 0 bridgehead atoms. The minimum Gasteiger partial charge on any atom is -0.469 e. The van der Waals surface area contributed by atoms with Crippen molar-refractivity contribution < 1.29 is 52.6 Å². The Morgan fingerprint density at radius 2 is 1.50 bits per heavy atom. The normalized spacial score (nSPS) is 32.4. The molecule has 3 fully saturated rings. The molecule has 2 heterocycles. The number of ether oxygens (including phenoxy) is 8. The number of aliphatic hydroxyl groups excluding tert-OH is 1. The van der Waals surface area contributed by atoms with Gasteiger partial charge in [0, 0.05) is 40.1 Å². The minimum absolute atomic E-state index is 0.129. The Balaban J connectivity index is 1.38. The van der Waals surface area contributed by atoms with Crippen molar-refractivity contribution >= 4 is 11.9 Å². The van der Waals surface area contributed by atoms with Gasteiger partial charge in [-0.2, -0.15) is 0 Å². The van der Waals surface area contributed by atoms with Crippen LogP contribution in [-0.4, -0.2) is 93.9 Å². The predicted octanol–water partition coefficient (Wildman–Crippen LogP) is 3.89.